The van der Waals surface area contributed by atoms with E-state index in [1.165, 1.54) is 0 Å². The first kappa shape index (κ1) is 16.3. The number of thioether (sulfide) groups is 1. The van der Waals surface area contributed by atoms with Crippen LogP contribution in [0.5, 0.6) is 0 Å². The van der Waals surface area contributed by atoms with Gasteiger partial charge in [-0.25, -0.2) is 13.6 Å². The summed E-state index contributed by atoms with van der Waals surface area (Å²) in [6.07, 6.45) is 3.48. The van der Waals surface area contributed by atoms with E-state index in [0.717, 1.165) is 10.5 Å². The summed E-state index contributed by atoms with van der Waals surface area (Å²) in [5, 5.41) is 4.57. The standard InChI is InChI=1S/C14H20N2O3S2/c1-20-13-7-3-2-5-11(13)9-14(17)16-8-4-6-12(10-16)21(15,18)19/h2-3,5,7,12H,4,6,8-10H2,1H3,(H2,15,18,19)/t12-/m0/s1. The highest BCUT2D eigenvalue weighted by atomic mass is 32.2. The molecule has 7 heteroatoms. The van der Waals surface area contributed by atoms with Crippen molar-refractivity contribution in [1.82, 2.24) is 4.90 Å². The summed E-state index contributed by atoms with van der Waals surface area (Å²) in [6.45, 7) is 0.811. The highest BCUT2D eigenvalue weighted by molar-refractivity contribution is 7.98. The van der Waals surface area contributed by atoms with Crippen LogP contribution in [0.25, 0.3) is 0 Å². The van der Waals surface area contributed by atoms with Crippen LogP contribution in [0.4, 0.5) is 0 Å². The monoisotopic (exact) mass is 328 g/mol. The van der Waals surface area contributed by atoms with Crippen molar-refractivity contribution in [1.29, 1.82) is 0 Å². The van der Waals surface area contributed by atoms with Crippen LogP contribution in [0.2, 0.25) is 0 Å². The lowest BCUT2D eigenvalue weighted by Crippen LogP contribution is -2.47. The molecule has 1 aromatic carbocycles. The zero-order chi connectivity index (χ0) is 15.5. The van der Waals surface area contributed by atoms with Crippen LogP contribution in [0.15, 0.2) is 29.2 Å². The van der Waals surface area contributed by atoms with E-state index in [-0.39, 0.29) is 12.5 Å². The SMILES string of the molecule is CSc1ccccc1CC(=O)N1CCC[C@H](S(N)(=O)=O)C1. The Morgan fingerprint density at radius 3 is 2.81 bits per heavy atom. The molecule has 1 aromatic rings. The molecule has 0 saturated carbocycles. The minimum absolute atomic E-state index is 0.0372. The number of sulfonamides is 1. The molecule has 5 nitrogen and oxygen atoms in total. The smallest absolute Gasteiger partial charge is 0.227 e. The zero-order valence-electron chi connectivity index (χ0n) is 12.0. The van der Waals surface area contributed by atoms with Crippen LogP contribution in [-0.4, -0.2) is 43.8 Å². The number of rotatable bonds is 4. The van der Waals surface area contributed by atoms with Crippen molar-refractivity contribution in [2.45, 2.75) is 29.4 Å². The fraction of sp³-hybridized carbons (Fsp3) is 0.500. The van der Waals surface area contributed by atoms with Crippen LogP contribution in [0.3, 0.4) is 0 Å². The lowest BCUT2D eigenvalue weighted by Gasteiger charge is -2.31. The first-order valence-electron chi connectivity index (χ1n) is 6.83. The largest absolute Gasteiger partial charge is 0.341 e. The van der Waals surface area contributed by atoms with Crippen molar-refractivity contribution in [3.63, 3.8) is 0 Å². The minimum Gasteiger partial charge on any atom is -0.341 e. The Morgan fingerprint density at radius 1 is 1.43 bits per heavy atom. The second-order valence-corrected chi connectivity index (χ2v) is 7.87. The van der Waals surface area contributed by atoms with Gasteiger partial charge < -0.3 is 4.90 Å². The summed E-state index contributed by atoms with van der Waals surface area (Å²) < 4.78 is 22.9. The van der Waals surface area contributed by atoms with Crippen LogP contribution >= 0.6 is 11.8 Å². The van der Waals surface area contributed by atoms with Gasteiger partial charge in [-0.05, 0) is 30.7 Å². The molecule has 0 aromatic heterocycles. The molecule has 1 heterocycles. The number of likely N-dealkylation sites (tertiary alicyclic amines) is 1. The quantitative estimate of drug-likeness (QED) is 0.843. The summed E-state index contributed by atoms with van der Waals surface area (Å²) >= 11 is 1.60. The van der Waals surface area contributed by atoms with Crippen molar-refractivity contribution in [2.75, 3.05) is 19.3 Å². The Morgan fingerprint density at radius 2 is 2.14 bits per heavy atom. The predicted molar refractivity (Wildman–Crippen MR) is 84.6 cm³/mol. The molecule has 21 heavy (non-hydrogen) atoms. The average molecular weight is 328 g/mol. The highest BCUT2D eigenvalue weighted by Crippen LogP contribution is 2.22. The number of nitrogens with zero attached hydrogens (tertiary/aromatic N) is 1. The van der Waals surface area contributed by atoms with Gasteiger partial charge in [0.15, 0.2) is 0 Å². The van der Waals surface area contributed by atoms with Gasteiger partial charge in [0.25, 0.3) is 0 Å². The van der Waals surface area contributed by atoms with E-state index in [9.17, 15) is 13.2 Å². The number of amides is 1. The number of primary sulfonamides is 1. The van der Waals surface area contributed by atoms with E-state index in [1.54, 1.807) is 16.7 Å². The topological polar surface area (TPSA) is 80.5 Å². The normalized spacial score (nSPS) is 19.5. The summed E-state index contributed by atoms with van der Waals surface area (Å²) in [5.41, 5.74) is 0.979. The van der Waals surface area contributed by atoms with E-state index >= 15 is 0 Å². The van der Waals surface area contributed by atoms with Crippen molar-refractivity contribution in [3.8, 4) is 0 Å². The molecule has 1 atom stereocenters. The molecule has 1 aliphatic rings. The van der Waals surface area contributed by atoms with Gasteiger partial charge >= 0.3 is 0 Å². The molecule has 116 valence electrons. The second kappa shape index (κ2) is 6.81. The van der Waals surface area contributed by atoms with Gasteiger partial charge in [-0.2, -0.15) is 0 Å². The Kier molecular flexibility index (Phi) is 5.29. The number of benzene rings is 1. The predicted octanol–water partition coefficient (Wildman–Crippen LogP) is 1.23. The van der Waals surface area contributed by atoms with Crippen molar-refractivity contribution >= 4 is 27.7 Å². The minimum atomic E-state index is -3.58. The number of hydrogen-bond acceptors (Lipinski definition) is 4. The van der Waals surface area contributed by atoms with Crippen LogP contribution in [0, 0.1) is 0 Å². The van der Waals surface area contributed by atoms with Crippen LogP contribution in [-0.2, 0) is 21.2 Å². The summed E-state index contributed by atoms with van der Waals surface area (Å²) in [5.74, 6) is -0.0372. The van der Waals surface area contributed by atoms with E-state index in [1.807, 2.05) is 30.5 Å². The third-order valence-corrected chi connectivity index (χ3v) is 5.88. The molecule has 0 aliphatic carbocycles. The zero-order valence-corrected chi connectivity index (χ0v) is 13.6. The second-order valence-electron chi connectivity index (χ2n) is 5.18. The number of hydrogen-bond donors (Lipinski definition) is 1. The molecule has 0 spiro atoms. The van der Waals surface area contributed by atoms with Crippen LogP contribution in [0.1, 0.15) is 18.4 Å². The van der Waals surface area contributed by atoms with Crippen molar-refractivity contribution in [3.05, 3.63) is 29.8 Å². The fourth-order valence-electron chi connectivity index (χ4n) is 2.56. The maximum atomic E-state index is 12.4. The van der Waals surface area contributed by atoms with Crippen molar-refractivity contribution < 1.29 is 13.2 Å². The van der Waals surface area contributed by atoms with Gasteiger partial charge in [0.05, 0.1) is 11.7 Å². The molecule has 0 unspecified atom stereocenters. The Balaban J connectivity index is 2.06. The number of nitrogens with two attached hydrogens (primary N) is 1. The van der Waals surface area contributed by atoms with Gasteiger partial charge in [-0.15, -0.1) is 11.8 Å². The Labute approximate surface area is 129 Å². The molecule has 1 saturated heterocycles. The van der Waals surface area contributed by atoms with Gasteiger partial charge in [0.2, 0.25) is 15.9 Å². The molecule has 1 fully saturated rings. The third-order valence-electron chi connectivity index (χ3n) is 3.73. The van der Waals surface area contributed by atoms with Crippen LogP contribution < -0.4 is 5.14 Å². The highest BCUT2D eigenvalue weighted by Gasteiger charge is 2.30. The lowest BCUT2D eigenvalue weighted by atomic mass is 10.1. The van der Waals surface area contributed by atoms with Crippen molar-refractivity contribution in [2.24, 2.45) is 5.14 Å². The summed E-state index contributed by atoms with van der Waals surface area (Å²) in [6, 6.07) is 7.77. The molecule has 1 aliphatic heterocycles. The Hall–Kier alpha value is -1.05. The number of carbonyl (C=O) groups is 1. The molecule has 2 rings (SSSR count). The molecule has 0 bridgehead atoms. The maximum absolute atomic E-state index is 12.4. The molecular weight excluding hydrogens is 308 g/mol. The average Bonchev–Trinajstić information content (AvgIpc) is 2.47. The number of piperidine rings is 1. The molecular formula is C14H20N2O3S2. The van der Waals surface area contributed by atoms with Gasteiger partial charge in [0.1, 0.15) is 0 Å². The first-order valence-corrected chi connectivity index (χ1v) is 9.66. The summed E-state index contributed by atoms with van der Waals surface area (Å²) in [7, 11) is -3.58. The lowest BCUT2D eigenvalue weighted by molar-refractivity contribution is -0.131. The van der Waals surface area contributed by atoms with E-state index in [2.05, 4.69) is 0 Å². The van der Waals surface area contributed by atoms with Gasteiger partial charge in [0, 0.05) is 18.0 Å². The van der Waals surface area contributed by atoms with E-state index < -0.39 is 15.3 Å². The first-order chi connectivity index (χ1) is 9.91. The summed E-state index contributed by atoms with van der Waals surface area (Å²) in [4.78, 5) is 15.1. The number of carbonyl (C=O) groups excluding carboxylic acids is 1. The maximum Gasteiger partial charge on any atom is 0.227 e. The van der Waals surface area contributed by atoms with E-state index in [0.29, 0.717) is 25.8 Å². The molecule has 2 N–H and O–H groups in total. The van der Waals surface area contributed by atoms with Gasteiger partial charge in [-0.3, -0.25) is 4.79 Å². The Bertz CT molecular complexity index is 616. The van der Waals surface area contributed by atoms with Gasteiger partial charge in [-0.1, -0.05) is 18.2 Å². The third kappa shape index (κ3) is 4.21. The molecule has 1 amide bonds. The fourth-order valence-corrected chi connectivity index (χ4v) is 4.06. The molecule has 0 radical (unpaired) electrons. The van der Waals surface area contributed by atoms with E-state index in [4.69, 9.17) is 5.14 Å².